The molecule has 0 radical (unpaired) electrons. The number of hydrogen-bond donors (Lipinski definition) is 0. The molecule has 0 aliphatic rings. The molecule has 36 heavy (non-hydrogen) atoms. The lowest BCUT2D eigenvalue weighted by Gasteiger charge is -2.06. The van der Waals surface area contributed by atoms with Gasteiger partial charge in [0.15, 0.2) is 0 Å². The molecule has 0 aromatic carbocycles. The highest BCUT2D eigenvalue weighted by Crippen LogP contribution is 2.15. The molecular formula is C34H68O2. The highest BCUT2D eigenvalue weighted by molar-refractivity contribution is 5.69. The standard InChI is InChI=1S/C34H68O2/c1-3-5-7-9-11-13-15-17-19-21-23-25-27-29-31-33-36-34(35)32-30-28-26-24-22-20-18-16-14-12-10-8-6-4-2/h3-33H2,1-2H3. The van der Waals surface area contributed by atoms with Crippen LogP contribution in [0.15, 0.2) is 0 Å². The first-order valence-electron chi connectivity index (χ1n) is 17.0. The third-order valence-electron chi connectivity index (χ3n) is 7.75. The number of hydrogen-bond acceptors (Lipinski definition) is 2. The zero-order valence-corrected chi connectivity index (χ0v) is 25.2. The second-order valence-corrected chi connectivity index (χ2v) is 11.5. The van der Waals surface area contributed by atoms with E-state index in [0.717, 1.165) is 12.8 Å². The first-order valence-corrected chi connectivity index (χ1v) is 17.0. The molecule has 0 saturated heterocycles. The van der Waals surface area contributed by atoms with E-state index in [1.54, 1.807) is 0 Å². The maximum absolute atomic E-state index is 11.9. The van der Waals surface area contributed by atoms with Gasteiger partial charge in [-0.25, -0.2) is 0 Å². The molecule has 0 aromatic heterocycles. The van der Waals surface area contributed by atoms with Crippen LogP contribution < -0.4 is 0 Å². The van der Waals surface area contributed by atoms with E-state index in [-0.39, 0.29) is 5.97 Å². The lowest BCUT2D eigenvalue weighted by atomic mass is 10.0. The van der Waals surface area contributed by atoms with E-state index in [1.807, 2.05) is 0 Å². The highest BCUT2D eigenvalue weighted by atomic mass is 16.5. The Morgan fingerprint density at radius 1 is 0.361 bits per heavy atom. The fourth-order valence-corrected chi connectivity index (χ4v) is 5.20. The minimum atomic E-state index is 0.0271. The van der Waals surface area contributed by atoms with Crippen LogP contribution in [0.2, 0.25) is 0 Å². The van der Waals surface area contributed by atoms with Gasteiger partial charge >= 0.3 is 5.97 Å². The van der Waals surface area contributed by atoms with Crippen LogP contribution in [0.3, 0.4) is 0 Å². The zero-order valence-electron chi connectivity index (χ0n) is 25.2. The molecular weight excluding hydrogens is 440 g/mol. The minimum absolute atomic E-state index is 0.0271. The Kier molecular flexibility index (Phi) is 32.0. The number of esters is 1. The van der Waals surface area contributed by atoms with Crippen molar-refractivity contribution in [3.63, 3.8) is 0 Å². The summed E-state index contributed by atoms with van der Waals surface area (Å²) in [7, 11) is 0. The average Bonchev–Trinajstić information content (AvgIpc) is 2.88. The maximum Gasteiger partial charge on any atom is 0.305 e. The van der Waals surface area contributed by atoms with E-state index in [4.69, 9.17) is 4.74 Å². The summed E-state index contributed by atoms with van der Waals surface area (Å²) in [6.07, 6.45) is 40.1. The third kappa shape index (κ3) is 31.5. The SMILES string of the molecule is CCCCCCCCCCCCCCCCCOC(=O)CCCCCCCCCCCCCCCC. The van der Waals surface area contributed by atoms with Gasteiger partial charge in [0.1, 0.15) is 0 Å². The van der Waals surface area contributed by atoms with Gasteiger partial charge in [0.25, 0.3) is 0 Å². The molecule has 0 aliphatic carbocycles. The minimum Gasteiger partial charge on any atom is -0.466 e. The van der Waals surface area contributed by atoms with Gasteiger partial charge in [-0.2, -0.15) is 0 Å². The van der Waals surface area contributed by atoms with Crippen molar-refractivity contribution in [3.05, 3.63) is 0 Å². The fourth-order valence-electron chi connectivity index (χ4n) is 5.20. The maximum atomic E-state index is 11.9. The first-order chi connectivity index (χ1) is 17.8. The largest absolute Gasteiger partial charge is 0.466 e. The van der Waals surface area contributed by atoms with Gasteiger partial charge in [-0.05, 0) is 12.8 Å². The van der Waals surface area contributed by atoms with Crippen LogP contribution in [0.1, 0.15) is 206 Å². The predicted molar refractivity (Wildman–Crippen MR) is 161 cm³/mol. The summed E-state index contributed by atoms with van der Waals surface area (Å²) in [6.45, 7) is 5.21. The number of rotatable bonds is 31. The molecule has 0 saturated carbocycles. The Balaban J connectivity index is 3.14. The third-order valence-corrected chi connectivity index (χ3v) is 7.75. The van der Waals surface area contributed by atoms with Crippen LogP contribution >= 0.6 is 0 Å². The topological polar surface area (TPSA) is 26.3 Å². The van der Waals surface area contributed by atoms with Crippen molar-refractivity contribution >= 4 is 5.97 Å². The van der Waals surface area contributed by atoms with Crippen molar-refractivity contribution in [2.75, 3.05) is 6.61 Å². The fraction of sp³-hybridized carbons (Fsp3) is 0.971. The molecule has 216 valence electrons. The zero-order chi connectivity index (χ0) is 26.2. The summed E-state index contributed by atoms with van der Waals surface area (Å²) < 4.78 is 5.43. The van der Waals surface area contributed by atoms with E-state index >= 15 is 0 Å². The van der Waals surface area contributed by atoms with Gasteiger partial charge in [0, 0.05) is 6.42 Å². The summed E-state index contributed by atoms with van der Waals surface area (Å²) in [6, 6.07) is 0. The van der Waals surface area contributed by atoms with Crippen molar-refractivity contribution in [1.82, 2.24) is 0 Å². The average molecular weight is 509 g/mol. The molecule has 0 unspecified atom stereocenters. The van der Waals surface area contributed by atoms with Gasteiger partial charge in [0.2, 0.25) is 0 Å². The second kappa shape index (κ2) is 32.5. The van der Waals surface area contributed by atoms with Crippen molar-refractivity contribution in [3.8, 4) is 0 Å². The van der Waals surface area contributed by atoms with Gasteiger partial charge < -0.3 is 4.74 Å². The summed E-state index contributed by atoms with van der Waals surface area (Å²) in [4.78, 5) is 11.9. The molecule has 0 aliphatic heterocycles. The van der Waals surface area contributed by atoms with Crippen LogP contribution in [0.25, 0.3) is 0 Å². The lowest BCUT2D eigenvalue weighted by molar-refractivity contribution is -0.143. The lowest BCUT2D eigenvalue weighted by Crippen LogP contribution is -2.05. The quantitative estimate of drug-likeness (QED) is 0.0687. The van der Waals surface area contributed by atoms with Gasteiger partial charge in [-0.15, -0.1) is 0 Å². The molecule has 0 aromatic rings. The first kappa shape index (κ1) is 35.5. The monoisotopic (exact) mass is 509 g/mol. The van der Waals surface area contributed by atoms with Gasteiger partial charge in [-0.1, -0.05) is 187 Å². The predicted octanol–water partition coefficient (Wildman–Crippen LogP) is 12.3. The molecule has 0 atom stereocenters. The Labute approximate surface area is 228 Å². The normalized spacial score (nSPS) is 11.3. The van der Waals surface area contributed by atoms with Crippen LogP contribution in [0.5, 0.6) is 0 Å². The highest BCUT2D eigenvalue weighted by Gasteiger charge is 2.02. The molecule has 0 heterocycles. The van der Waals surface area contributed by atoms with Gasteiger partial charge in [0.05, 0.1) is 6.61 Å². The Morgan fingerprint density at radius 2 is 0.611 bits per heavy atom. The molecule has 0 bridgehead atoms. The second-order valence-electron chi connectivity index (χ2n) is 11.5. The molecule has 0 N–H and O–H groups in total. The smallest absolute Gasteiger partial charge is 0.305 e. The van der Waals surface area contributed by atoms with Crippen molar-refractivity contribution in [1.29, 1.82) is 0 Å². The van der Waals surface area contributed by atoms with Crippen LogP contribution in [0, 0.1) is 0 Å². The van der Waals surface area contributed by atoms with Crippen LogP contribution in [0.4, 0.5) is 0 Å². The summed E-state index contributed by atoms with van der Waals surface area (Å²) in [5.41, 5.74) is 0. The summed E-state index contributed by atoms with van der Waals surface area (Å²) in [5, 5.41) is 0. The number of carbonyl (C=O) groups is 1. The molecule has 0 amide bonds. The Hall–Kier alpha value is -0.530. The van der Waals surface area contributed by atoms with Crippen molar-refractivity contribution in [2.45, 2.75) is 206 Å². The summed E-state index contributed by atoms with van der Waals surface area (Å²) in [5.74, 6) is 0.0271. The van der Waals surface area contributed by atoms with E-state index in [2.05, 4.69) is 13.8 Å². The van der Waals surface area contributed by atoms with Gasteiger partial charge in [-0.3, -0.25) is 4.79 Å². The number of unbranched alkanes of at least 4 members (excludes halogenated alkanes) is 27. The van der Waals surface area contributed by atoms with E-state index in [9.17, 15) is 4.79 Å². The molecule has 2 heteroatoms. The Morgan fingerprint density at radius 3 is 0.917 bits per heavy atom. The molecule has 2 nitrogen and oxygen atoms in total. The molecule has 0 fully saturated rings. The molecule has 0 spiro atoms. The van der Waals surface area contributed by atoms with E-state index in [1.165, 1.54) is 173 Å². The van der Waals surface area contributed by atoms with E-state index < -0.39 is 0 Å². The van der Waals surface area contributed by atoms with Crippen molar-refractivity contribution in [2.24, 2.45) is 0 Å². The summed E-state index contributed by atoms with van der Waals surface area (Å²) >= 11 is 0. The number of ether oxygens (including phenoxy) is 1. The molecule has 0 rings (SSSR count). The number of carbonyl (C=O) groups excluding carboxylic acids is 1. The van der Waals surface area contributed by atoms with Crippen LogP contribution in [-0.2, 0) is 9.53 Å². The van der Waals surface area contributed by atoms with Crippen molar-refractivity contribution < 1.29 is 9.53 Å². The van der Waals surface area contributed by atoms with E-state index in [0.29, 0.717) is 13.0 Å². The van der Waals surface area contributed by atoms with Crippen LogP contribution in [-0.4, -0.2) is 12.6 Å². The Bertz CT molecular complexity index is 406.